The van der Waals surface area contributed by atoms with Crippen LogP contribution in [0.25, 0.3) is 11.4 Å². The minimum Gasteiger partial charge on any atom is -0.354 e. The Kier molecular flexibility index (Phi) is 8.44. The van der Waals surface area contributed by atoms with Gasteiger partial charge in [-0.3, -0.25) is 4.79 Å². The zero-order valence-electron chi connectivity index (χ0n) is 15.2. The summed E-state index contributed by atoms with van der Waals surface area (Å²) in [6, 6.07) is 16.7. The van der Waals surface area contributed by atoms with E-state index >= 15 is 0 Å². The molecule has 3 N–H and O–H groups in total. The highest BCUT2D eigenvalue weighted by Crippen LogP contribution is 2.19. The maximum absolute atomic E-state index is 12.0. The molecule has 0 spiro atoms. The highest BCUT2D eigenvalue weighted by Gasteiger charge is 2.11. The molecule has 8 heteroatoms. The average Bonchev–Trinajstić information content (AvgIpc) is 3.16. The van der Waals surface area contributed by atoms with Crippen molar-refractivity contribution in [1.82, 2.24) is 15.5 Å². The van der Waals surface area contributed by atoms with E-state index in [1.54, 1.807) is 12.1 Å². The summed E-state index contributed by atoms with van der Waals surface area (Å²) in [6.45, 7) is 0.407. The average molecular weight is 421 g/mol. The van der Waals surface area contributed by atoms with Crippen LogP contribution in [0.2, 0.25) is 5.02 Å². The number of hydrogen-bond donors (Lipinski definition) is 2. The Morgan fingerprint density at radius 2 is 1.86 bits per heavy atom. The molecular weight excluding hydrogens is 399 g/mol. The molecule has 0 aliphatic carbocycles. The van der Waals surface area contributed by atoms with Gasteiger partial charge in [0.15, 0.2) is 0 Å². The minimum absolute atomic E-state index is 0. The lowest BCUT2D eigenvalue weighted by molar-refractivity contribution is -0.121. The summed E-state index contributed by atoms with van der Waals surface area (Å²) in [7, 11) is 0. The smallest absolute Gasteiger partial charge is 0.226 e. The van der Waals surface area contributed by atoms with Gasteiger partial charge in [0.1, 0.15) is 0 Å². The number of nitrogens with two attached hydrogens (primary N) is 1. The summed E-state index contributed by atoms with van der Waals surface area (Å²) in [4.78, 5) is 16.3. The molecule has 0 bridgehead atoms. The number of carbonyl (C=O) groups excluding carboxylic acids is 1. The maximum atomic E-state index is 12.0. The predicted molar refractivity (Wildman–Crippen MR) is 111 cm³/mol. The summed E-state index contributed by atoms with van der Waals surface area (Å²) < 4.78 is 5.24. The molecule has 0 saturated heterocycles. The van der Waals surface area contributed by atoms with Crippen molar-refractivity contribution in [3.63, 3.8) is 0 Å². The van der Waals surface area contributed by atoms with Crippen LogP contribution in [0.5, 0.6) is 0 Å². The van der Waals surface area contributed by atoms with Crippen molar-refractivity contribution in [2.75, 3.05) is 6.54 Å². The molecule has 148 valence electrons. The monoisotopic (exact) mass is 420 g/mol. The number of aryl methyl sites for hydroxylation is 1. The summed E-state index contributed by atoms with van der Waals surface area (Å²) in [5, 5.41) is 7.47. The Morgan fingerprint density at radius 3 is 2.57 bits per heavy atom. The predicted octanol–water partition coefficient (Wildman–Crippen LogP) is 3.95. The molecule has 0 aliphatic rings. The van der Waals surface area contributed by atoms with E-state index in [0.717, 1.165) is 11.1 Å². The van der Waals surface area contributed by atoms with Crippen LogP contribution in [0.1, 0.15) is 30.3 Å². The minimum atomic E-state index is -0.215. The first kappa shape index (κ1) is 21.9. The van der Waals surface area contributed by atoms with Crippen molar-refractivity contribution in [2.45, 2.75) is 25.3 Å². The van der Waals surface area contributed by atoms with Gasteiger partial charge in [0.25, 0.3) is 0 Å². The maximum Gasteiger partial charge on any atom is 0.226 e. The molecule has 0 radical (unpaired) electrons. The van der Waals surface area contributed by atoms with Gasteiger partial charge in [-0.2, -0.15) is 4.98 Å². The van der Waals surface area contributed by atoms with E-state index in [2.05, 4.69) is 15.5 Å². The zero-order valence-corrected chi connectivity index (χ0v) is 16.7. The number of carbonyl (C=O) groups is 1. The Balaban J connectivity index is 0.00000280. The highest BCUT2D eigenvalue weighted by atomic mass is 35.5. The molecule has 1 atom stereocenters. The van der Waals surface area contributed by atoms with E-state index in [-0.39, 0.29) is 24.4 Å². The van der Waals surface area contributed by atoms with E-state index in [1.807, 2.05) is 42.5 Å². The van der Waals surface area contributed by atoms with Gasteiger partial charge in [-0.25, -0.2) is 0 Å². The molecular formula is C20H22Cl2N4O2. The molecule has 0 saturated carbocycles. The van der Waals surface area contributed by atoms with Gasteiger partial charge in [-0.15, -0.1) is 12.4 Å². The van der Waals surface area contributed by atoms with Gasteiger partial charge in [-0.1, -0.05) is 47.1 Å². The lowest BCUT2D eigenvalue weighted by Crippen LogP contribution is -2.31. The van der Waals surface area contributed by atoms with Crippen molar-refractivity contribution in [2.24, 2.45) is 5.73 Å². The molecule has 28 heavy (non-hydrogen) atoms. The molecule has 0 fully saturated rings. The third-order valence-electron chi connectivity index (χ3n) is 4.11. The fourth-order valence-corrected chi connectivity index (χ4v) is 2.73. The number of halogens is 2. The number of hydrogen-bond acceptors (Lipinski definition) is 5. The number of aromatic nitrogens is 2. The molecule has 1 unspecified atom stereocenters. The fourth-order valence-electron chi connectivity index (χ4n) is 2.60. The van der Waals surface area contributed by atoms with Crippen molar-refractivity contribution >= 4 is 29.9 Å². The third-order valence-corrected chi connectivity index (χ3v) is 4.36. The summed E-state index contributed by atoms with van der Waals surface area (Å²) in [5.41, 5.74) is 7.91. The topological polar surface area (TPSA) is 94.0 Å². The van der Waals surface area contributed by atoms with Gasteiger partial charge in [0.2, 0.25) is 17.6 Å². The molecule has 1 aromatic heterocycles. The second-order valence-corrected chi connectivity index (χ2v) is 6.63. The van der Waals surface area contributed by atoms with Crippen LogP contribution >= 0.6 is 24.0 Å². The van der Waals surface area contributed by atoms with E-state index in [0.29, 0.717) is 42.5 Å². The Labute approximate surface area is 174 Å². The largest absolute Gasteiger partial charge is 0.354 e. The first-order valence-corrected chi connectivity index (χ1v) is 9.15. The van der Waals surface area contributed by atoms with Crippen LogP contribution in [0.4, 0.5) is 0 Å². The number of nitrogens with one attached hydrogen (secondary N) is 1. The number of rotatable bonds is 8. The third kappa shape index (κ3) is 6.34. The second kappa shape index (κ2) is 10.8. The molecule has 6 nitrogen and oxygen atoms in total. The highest BCUT2D eigenvalue weighted by molar-refractivity contribution is 6.30. The first-order valence-electron chi connectivity index (χ1n) is 8.77. The number of benzene rings is 2. The van der Waals surface area contributed by atoms with Gasteiger partial charge in [0.05, 0.1) is 0 Å². The van der Waals surface area contributed by atoms with Crippen LogP contribution < -0.4 is 11.1 Å². The summed E-state index contributed by atoms with van der Waals surface area (Å²) in [6.07, 6.45) is 1.54. The molecule has 2 aromatic carbocycles. The molecule has 3 rings (SSSR count). The number of nitrogens with zero attached hydrogens (tertiary/aromatic N) is 2. The molecule has 3 aromatic rings. The van der Waals surface area contributed by atoms with E-state index in [1.165, 1.54) is 0 Å². The van der Waals surface area contributed by atoms with E-state index in [9.17, 15) is 4.79 Å². The Bertz CT molecular complexity index is 869. The van der Waals surface area contributed by atoms with Gasteiger partial charge in [0, 0.05) is 36.0 Å². The Hall–Kier alpha value is -2.41. The van der Waals surface area contributed by atoms with Crippen LogP contribution in [0.3, 0.4) is 0 Å². The second-order valence-electron chi connectivity index (χ2n) is 6.19. The molecule has 0 aliphatic heterocycles. The Morgan fingerprint density at radius 1 is 1.14 bits per heavy atom. The quantitative estimate of drug-likeness (QED) is 0.575. The van der Waals surface area contributed by atoms with Gasteiger partial charge >= 0.3 is 0 Å². The van der Waals surface area contributed by atoms with Crippen molar-refractivity contribution in [3.8, 4) is 11.4 Å². The molecule has 1 amide bonds. The van der Waals surface area contributed by atoms with Crippen LogP contribution in [0.15, 0.2) is 59.1 Å². The lowest BCUT2D eigenvalue weighted by Gasteiger charge is -2.12. The van der Waals surface area contributed by atoms with Crippen LogP contribution in [-0.2, 0) is 11.2 Å². The van der Waals surface area contributed by atoms with Gasteiger partial charge < -0.3 is 15.6 Å². The van der Waals surface area contributed by atoms with Crippen LogP contribution in [0, 0.1) is 0 Å². The fraction of sp³-hybridized carbons (Fsp3) is 0.250. The first-order chi connectivity index (χ1) is 13.1. The van der Waals surface area contributed by atoms with Gasteiger partial charge in [-0.05, 0) is 36.2 Å². The zero-order chi connectivity index (χ0) is 19.1. The van der Waals surface area contributed by atoms with Crippen molar-refractivity contribution in [3.05, 3.63) is 71.1 Å². The summed E-state index contributed by atoms with van der Waals surface area (Å²) in [5.74, 6) is 0.979. The van der Waals surface area contributed by atoms with Crippen molar-refractivity contribution in [1.29, 1.82) is 0 Å². The summed E-state index contributed by atoms with van der Waals surface area (Å²) >= 11 is 5.87. The van der Waals surface area contributed by atoms with E-state index < -0.39 is 0 Å². The van der Waals surface area contributed by atoms with Crippen molar-refractivity contribution < 1.29 is 9.32 Å². The molecule has 1 heterocycles. The number of amides is 1. The lowest BCUT2D eigenvalue weighted by atomic mass is 10.1. The normalized spacial score (nSPS) is 11.5. The van der Waals surface area contributed by atoms with E-state index in [4.69, 9.17) is 21.9 Å². The van der Waals surface area contributed by atoms with Crippen LogP contribution in [-0.4, -0.2) is 22.6 Å². The SMILES string of the molecule is Cl.NC(CNC(=O)CCCc1nc(-c2ccc(Cl)cc2)no1)c1ccccc1. The standard InChI is InChI=1S/C20H21ClN4O2.ClH/c21-16-11-9-15(10-12-16)20-24-19(27-25-20)8-4-7-18(26)23-13-17(22)14-5-2-1-3-6-14;/h1-3,5-6,9-12,17H,4,7-8,13,22H2,(H,23,26);1H.